The van der Waals surface area contributed by atoms with E-state index in [1.807, 2.05) is 26.1 Å². The van der Waals surface area contributed by atoms with Crippen molar-refractivity contribution in [2.45, 2.75) is 13.0 Å². The summed E-state index contributed by atoms with van der Waals surface area (Å²) in [6.45, 7) is 6.54. The number of aromatic hydroxyl groups is 1. The number of phenols is 1. The van der Waals surface area contributed by atoms with E-state index < -0.39 is 0 Å². The van der Waals surface area contributed by atoms with Crippen molar-refractivity contribution in [1.82, 2.24) is 15.5 Å². The number of nitrogens with zero attached hydrogens (tertiary/aromatic N) is 1. The molecule has 0 amide bonds. The van der Waals surface area contributed by atoms with E-state index in [2.05, 4.69) is 22.1 Å². The van der Waals surface area contributed by atoms with E-state index in [1.54, 1.807) is 18.3 Å². The molecule has 0 fully saturated rings. The smallest absolute Gasteiger partial charge is 0.124 e. The van der Waals surface area contributed by atoms with Crippen LogP contribution in [0.2, 0.25) is 0 Å². The molecule has 0 saturated heterocycles. The Balaban J connectivity index is 2.23. The van der Waals surface area contributed by atoms with Gasteiger partial charge < -0.3 is 20.6 Å². The lowest BCUT2D eigenvalue weighted by atomic mass is 10.0. The summed E-state index contributed by atoms with van der Waals surface area (Å²) in [7, 11) is 2.03. The SMILES string of the molecule is C=CNC1=C(C)NC(c2cccc(O)c2)CN1C. The maximum Gasteiger partial charge on any atom is 0.124 e. The van der Waals surface area contributed by atoms with Crippen molar-refractivity contribution in [2.75, 3.05) is 13.6 Å². The van der Waals surface area contributed by atoms with E-state index in [9.17, 15) is 5.11 Å². The van der Waals surface area contributed by atoms with Crippen molar-refractivity contribution >= 4 is 0 Å². The zero-order valence-corrected chi connectivity index (χ0v) is 10.8. The lowest BCUT2D eigenvalue weighted by molar-refractivity contribution is 0.308. The largest absolute Gasteiger partial charge is 0.508 e. The minimum Gasteiger partial charge on any atom is -0.508 e. The van der Waals surface area contributed by atoms with E-state index in [0.717, 1.165) is 23.6 Å². The first-order chi connectivity index (χ1) is 8.61. The number of rotatable bonds is 3. The molecule has 1 unspecified atom stereocenters. The maximum atomic E-state index is 9.53. The minimum absolute atomic E-state index is 0.178. The highest BCUT2D eigenvalue weighted by Crippen LogP contribution is 2.24. The molecule has 18 heavy (non-hydrogen) atoms. The molecule has 1 atom stereocenters. The van der Waals surface area contributed by atoms with Gasteiger partial charge >= 0.3 is 0 Å². The maximum absolute atomic E-state index is 9.53. The molecule has 0 bridgehead atoms. The minimum atomic E-state index is 0.178. The second kappa shape index (κ2) is 5.04. The van der Waals surface area contributed by atoms with Crippen molar-refractivity contribution in [1.29, 1.82) is 0 Å². The molecule has 96 valence electrons. The third-order valence-electron chi connectivity index (χ3n) is 3.10. The fourth-order valence-corrected chi connectivity index (χ4v) is 2.27. The Morgan fingerprint density at radius 1 is 1.56 bits per heavy atom. The molecule has 0 spiro atoms. The molecule has 4 nitrogen and oxygen atoms in total. The molecule has 4 heteroatoms. The molecule has 1 aliphatic heterocycles. The molecule has 0 saturated carbocycles. The van der Waals surface area contributed by atoms with Gasteiger partial charge in [0.25, 0.3) is 0 Å². The van der Waals surface area contributed by atoms with Crippen molar-refractivity contribution in [3.8, 4) is 5.75 Å². The summed E-state index contributed by atoms with van der Waals surface area (Å²) >= 11 is 0. The summed E-state index contributed by atoms with van der Waals surface area (Å²) in [5.41, 5.74) is 2.15. The molecule has 2 rings (SSSR count). The highest BCUT2D eigenvalue weighted by Gasteiger charge is 2.22. The summed E-state index contributed by atoms with van der Waals surface area (Å²) in [5.74, 6) is 1.33. The predicted octanol–water partition coefficient (Wildman–Crippen LogP) is 1.89. The van der Waals surface area contributed by atoms with Crippen molar-refractivity contribution in [3.63, 3.8) is 0 Å². The fraction of sp³-hybridized carbons (Fsp3) is 0.286. The first kappa shape index (κ1) is 12.4. The van der Waals surface area contributed by atoms with Crippen LogP contribution in [0.3, 0.4) is 0 Å². The van der Waals surface area contributed by atoms with Gasteiger partial charge in [-0.2, -0.15) is 0 Å². The van der Waals surface area contributed by atoms with Crippen molar-refractivity contribution in [2.24, 2.45) is 0 Å². The Morgan fingerprint density at radius 2 is 2.33 bits per heavy atom. The second-order valence-electron chi connectivity index (χ2n) is 4.49. The number of allylic oxidation sites excluding steroid dienone is 1. The normalized spacial score (nSPS) is 19.4. The average Bonchev–Trinajstić information content (AvgIpc) is 2.33. The highest BCUT2D eigenvalue weighted by molar-refractivity contribution is 5.31. The second-order valence-corrected chi connectivity index (χ2v) is 4.49. The highest BCUT2D eigenvalue weighted by atomic mass is 16.3. The predicted molar refractivity (Wildman–Crippen MR) is 72.6 cm³/mol. The van der Waals surface area contributed by atoms with Crippen LogP contribution >= 0.6 is 0 Å². The van der Waals surface area contributed by atoms with Gasteiger partial charge in [-0.3, -0.25) is 0 Å². The molecule has 0 aliphatic carbocycles. The molecule has 3 N–H and O–H groups in total. The number of hydrogen-bond donors (Lipinski definition) is 3. The van der Waals surface area contributed by atoms with E-state index >= 15 is 0 Å². The van der Waals surface area contributed by atoms with Crippen LogP contribution in [0.5, 0.6) is 5.75 Å². The molecule has 1 aromatic rings. The molecule has 1 aliphatic rings. The Morgan fingerprint density at radius 3 is 2.94 bits per heavy atom. The summed E-state index contributed by atoms with van der Waals surface area (Å²) in [6.07, 6.45) is 1.67. The Kier molecular flexibility index (Phi) is 3.46. The van der Waals surface area contributed by atoms with Gasteiger partial charge in [0.15, 0.2) is 0 Å². The number of hydrogen-bond acceptors (Lipinski definition) is 4. The average molecular weight is 245 g/mol. The van der Waals surface area contributed by atoms with Crippen LogP contribution in [0.25, 0.3) is 0 Å². The third kappa shape index (κ3) is 2.42. The molecule has 1 aromatic carbocycles. The molecule has 0 radical (unpaired) electrons. The van der Waals surface area contributed by atoms with Gasteiger partial charge in [-0.1, -0.05) is 18.7 Å². The Bertz CT molecular complexity index is 482. The first-order valence-corrected chi connectivity index (χ1v) is 5.96. The Hall–Kier alpha value is -2.10. The van der Waals surface area contributed by atoms with E-state index in [0.29, 0.717) is 5.75 Å². The summed E-state index contributed by atoms with van der Waals surface area (Å²) in [5, 5.41) is 16.1. The van der Waals surface area contributed by atoms with Crippen molar-refractivity contribution in [3.05, 3.63) is 54.1 Å². The van der Waals surface area contributed by atoms with Gasteiger partial charge in [-0.05, 0) is 30.8 Å². The van der Waals surface area contributed by atoms with Gasteiger partial charge in [0, 0.05) is 19.3 Å². The summed E-state index contributed by atoms with van der Waals surface area (Å²) in [6, 6.07) is 7.54. The van der Waals surface area contributed by atoms with Crippen LogP contribution in [0, 0.1) is 0 Å². The van der Waals surface area contributed by atoms with E-state index in [4.69, 9.17) is 0 Å². The molecular formula is C14H19N3O. The van der Waals surface area contributed by atoms with Gasteiger partial charge in [0.2, 0.25) is 0 Å². The zero-order valence-electron chi connectivity index (χ0n) is 10.8. The fourth-order valence-electron chi connectivity index (χ4n) is 2.27. The number of benzene rings is 1. The van der Waals surface area contributed by atoms with Crippen LogP contribution in [0.1, 0.15) is 18.5 Å². The zero-order chi connectivity index (χ0) is 13.1. The van der Waals surface area contributed by atoms with Crippen LogP contribution in [-0.2, 0) is 0 Å². The van der Waals surface area contributed by atoms with Gasteiger partial charge in [0.1, 0.15) is 11.6 Å². The number of phenolic OH excluding ortho intramolecular Hbond substituents is 1. The van der Waals surface area contributed by atoms with Gasteiger partial charge in [-0.15, -0.1) is 0 Å². The van der Waals surface area contributed by atoms with E-state index in [1.165, 1.54) is 0 Å². The number of nitrogens with one attached hydrogen (secondary N) is 2. The number of likely N-dealkylation sites (N-methyl/N-ethyl adjacent to an activating group) is 1. The first-order valence-electron chi connectivity index (χ1n) is 5.96. The van der Waals surface area contributed by atoms with Gasteiger partial charge in [-0.25, -0.2) is 0 Å². The van der Waals surface area contributed by atoms with Crippen LogP contribution in [0.4, 0.5) is 0 Å². The van der Waals surface area contributed by atoms with Crippen LogP contribution in [-0.4, -0.2) is 23.6 Å². The van der Waals surface area contributed by atoms with Gasteiger partial charge in [0.05, 0.1) is 6.04 Å². The standard InChI is InChI=1S/C14H19N3O/c1-4-15-14-10(2)16-13(9-17(14)3)11-6-5-7-12(18)8-11/h4-8,13,15-16,18H,1,9H2,2-3H3. The van der Waals surface area contributed by atoms with E-state index in [-0.39, 0.29) is 6.04 Å². The molecular weight excluding hydrogens is 226 g/mol. The van der Waals surface area contributed by atoms with Crippen LogP contribution < -0.4 is 10.6 Å². The lowest BCUT2D eigenvalue weighted by Crippen LogP contribution is -2.42. The molecule has 1 heterocycles. The monoisotopic (exact) mass is 245 g/mol. The van der Waals surface area contributed by atoms with Crippen LogP contribution in [0.15, 0.2) is 48.6 Å². The molecule has 0 aromatic heterocycles. The topological polar surface area (TPSA) is 47.5 Å². The summed E-state index contributed by atoms with van der Waals surface area (Å²) in [4.78, 5) is 2.14. The van der Waals surface area contributed by atoms with Crippen molar-refractivity contribution < 1.29 is 5.11 Å². The Labute approximate surface area is 108 Å². The lowest BCUT2D eigenvalue weighted by Gasteiger charge is -2.36. The summed E-state index contributed by atoms with van der Waals surface area (Å²) < 4.78 is 0. The quantitative estimate of drug-likeness (QED) is 0.761. The third-order valence-corrected chi connectivity index (χ3v) is 3.10.